The number of anilines is 2. The highest BCUT2D eigenvalue weighted by molar-refractivity contribution is 6.30. The zero-order valence-electron chi connectivity index (χ0n) is 14.1. The van der Waals surface area contributed by atoms with Crippen LogP contribution in [0, 0.1) is 24.0 Å². The van der Waals surface area contributed by atoms with Crippen molar-refractivity contribution in [3.8, 4) is 11.6 Å². The number of ether oxygens (including phenoxy) is 1. The summed E-state index contributed by atoms with van der Waals surface area (Å²) in [6.07, 6.45) is 1.20. The number of nitro groups is 1. The summed E-state index contributed by atoms with van der Waals surface area (Å²) < 4.78 is 5.65. The third-order valence-corrected chi connectivity index (χ3v) is 3.99. The molecule has 0 aliphatic rings. The zero-order valence-corrected chi connectivity index (χ0v) is 14.8. The number of aryl methyl sites for hydroxylation is 2. The maximum atomic E-state index is 11.6. The number of rotatable bonds is 5. The largest absolute Gasteiger partial charge is 0.434 e. The third kappa shape index (κ3) is 3.89. The average Bonchev–Trinajstić information content (AvgIpc) is 2.58. The van der Waals surface area contributed by atoms with Gasteiger partial charge in [0.2, 0.25) is 5.82 Å². The van der Waals surface area contributed by atoms with Crippen LogP contribution in [0.2, 0.25) is 5.02 Å². The lowest BCUT2D eigenvalue weighted by molar-refractivity contribution is -0.385. The topological polar surface area (TPSA) is 90.2 Å². The Morgan fingerprint density at radius 3 is 2.62 bits per heavy atom. The second-order valence-corrected chi connectivity index (χ2v) is 6.05. The normalized spacial score (nSPS) is 10.4. The first kappa shape index (κ1) is 17.6. The third-order valence-electron chi connectivity index (χ3n) is 3.75. The van der Waals surface area contributed by atoms with Crippen LogP contribution in [0.5, 0.6) is 11.6 Å². The lowest BCUT2D eigenvalue weighted by atomic mass is 10.1. The van der Waals surface area contributed by atoms with Crippen LogP contribution in [0.25, 0.3) is 0 Å². The molecule has 0 saturated carbocycles. The molecule has 0 unspecified atom stereocenters. The Balaban J connectivity index is 1.98. The van der Waals surface area contributed by atoms with Gasteiger partial charge in [-0.2, -0.15) is 4.98 Å². The van der Waals surface area contributed by atoms with Gasteiger partial charge in [0.15, 0.2) is 0 Å². The molecular formula is C18H15ClN4O3. The molecule has 1 N–H and O–H groups in total. The summed E-state index contributed by atoms with van der Waals surface area (Å²) in [5.74, 6) is 0.340. The molecule has 0 spiro atoms. The summed E-state index contributed by atoms with van der Waals surface area (Å²) in [4.78, 5) is 18.9. The van der Waals surface area contributed by atoms with Crippen LogP contribution in [0.15, 0.2) is 48.8 Å². The predicted molar refractivity (Wildman–Crippen MR) is 99.4 cm³/mol. The number of hydrogen-bond acceptors (Lipinski definition) is 6. The van der Waals surface area contributed by atoms with Crippen molar-refractivity contribution in [2.75, 3.05) is 5.32 Å². The Morgan fingerprint density at radius 1 is 1.12 bits per heavy atom. The Bertz CT molecular complexity index is 978. The van der Waals surface area contributed by atoms with E-state index in [0.717, 1.165) is 11.1 Å². The van der Waals surface area contributed by atoms with Gasteiger partial charge in [0.1, 0.15) is 12.1 Å². The average molecular weight is 371 g/mol. The summed E-state index contributed by atoms with van der Waals surface area (Å²) in [7, 11) is 0. The van der Waals surface area contributed by atoms with Crippen molar-refractivity contribution >= 4 is 28.8 Å². The van der Waals surface area contributed by atoms with Crippen molar-refractivity contribution in [1.82, 2.24) is 9.97 Å². The van der Waals surface area contributed by atoms with Gasteiger partial charge in [0.25, 0.3) is 0 Å². The van der Waals surface area contributed by atoms with Crippen LogP contribution in [0.1, 0.15) is 11.1 Å². The molecule has 0 amide bonds. The number of hydrogen-bond donors (Lipinski definition) is 1. The van der Waals surface area contributed by atoms with E-state index in [1.54, 1.807) is 36.4 Å². The highest BCUT2D eigenvalue weighted by Gasteiger charge is 2.25. The van der Waals surface area contributed by atoms with Gasteiger partial charge in [-0.05, 0) is 55.3 Å². The molecule has 0 fully saturated rings. The molecule has 3 aromatic rings. The summed E-state index contributed by atoms with van der Waals surface area (Å²) in [6.45, 7) is 3.90. The molecule has 1 heterocycles. The molecule has 0 bridgehead atoms. The number of halogens is 1. The smallest absolute Gasteiger partial charge is 0.373 e. The molecule has 0 aliphatic heterocycles. The molecule has 0 aliphatic carbocycles. The van der Waals surface area contributed by atoms with E-state index in [0.29, 0.717) is 16.5 Å². The fraction of sp³-hybridized carbons (Fsp3) is 0.111. The Labute approximate surface area is 154 Å². The fourth-order valence-electron chi connectivity index (χ4n) is 2.29. The lowest BCUT2D eigenvalue weighted by Crippen LogP contribution is -2.03. The molecule has 0 saturated heterocycles. The molecule has 1 aromatic heterocycles. The Hall–Kier alpha value is -3.19. The van der Waals surface area contributed by atoms with Crippen molar-refractivity contribution in [1.29, 1.82) is 0 Å². The molecule has 132 valence electrons. The number of nitrogens with zero attached hydrogens (tertiary/aromatic N) is 3. The van der Waals surface area contributed by atoms with Crippen LogP contribution in [-0.2, 0) is 0 Å². The second kappa shape index (κ2) is 7.37. The minimum Gasteiger partial charge on any atom is -0.434 e. The number of aromatic nitrogens is 2. The summed E-state index contributed by atoms with van der Waals surface area (Å²) >= 11 is 5.95. The molecule has 3 rings (SSSR count). The highest BCUT2D eigenvalue weighted by Crippen LogP contribution is 2.36. The molecule has 2 aromatic carbocycles. The Kier molecular flexibility index (Phi) is 4.99. The van der Waals surface area contributed by atoms with Crippen molar-refractivity contribution in [3.05, 3.63) is 75.1 Å². The van der Waals surface area contributed by atoms with E-state index in [4.69, 9.17) is 16.3 Å². The predicted octanol–water partition coefficient (Wildman–Crippen LogP) is 5.19. The molecule has 0 atom stereocenters. The van der Waals surface area contributed by atoms with Crippen LogP contribution >= 0.6 is 11.6 Å². The molecular weight excluding hydrogens is 356 g/mol. The second-order valence-electron chi connectivity index (χ2n) is 5.62. The van der Waals surface area contributed by atoms with E-state index in [9.17, 15) is 10.1 Å². The van der Waals surface area contributed by atoms with Crippen LogP contribution in [0.3, 0.4) is 0 Å². The Morgan fingerprint density at radius 2 is 1.92 bits per heavy atom. The van der Waals surface area contributed by atoms with Crippen molar-refractivity contribution in [2.24, 2.45) is 0 Å². The van der Waals surface area contributed by atoms with Gasteiger partial charge in [-0.3, -0.25) is 10.1 Å². The number of benzene rings is 2. The van der Waals surface area contributed by atoms with E-state index >= 15 is 0 Å². The maximum Gasteiger partial charge on any atom is 0.373 e. The minimum absolute atomic E-state index is 0.0195. The molecule has 8 heteroatoms. The quantitative estimate of drug-likeness (QED) is 0.491. The first-order valence-electron chi connectivity index (χ1n) is 7.71. The van der Waals surface area contributed by atoms with Gasteiger partial charge in [0.05, 0.1) is 4.92 Å². The maximum absolute atomic E-state index is 11.6. The summed E-state index contributed by atoms with van der Waals surface area (Å²) in [5.41, 5.74) is 2.32. The highest BCUT2D eigenvalue weighted by atomic mass is 35.5. The summed E-state index contributed by atoms with van der Waals surface area (Å²) in [5, 5.41) is 15.0. The van der Waals surface area contributed by atoms with Crippen LogP contribution in [-0.4, -0.2) is 14.9 Å². The van der Waals surface area contributed by atoms with E-state index in [1.165, 1.54) is 6.33 Å². The monoisotopic (exact) mass is 370 g/mol. The SMILES string of the molecule is Cc1ccc(Oc2ncnc(Nc3cccc(Cl)c3)c2[N+](=O)[O-])cc1C. The zero-order chi connectivity index (χ0) is 18.7. The van der Waals surface area contributed by atoms with Gasteiger partial charge in [-0.1, -0.05) is 23.7 Å². The molecule has 26 heavy (non-hydrogen) atoms. The van der Waals surface area contributed by atoms with Gasteiger partial charge < -0.3 is 10.1 Å². The molecule has 7 nitrogen and oxygen atoms in total. The number of nitrogens with one attached hydrogen (secondary N) is 1. The first-order chi connectivity index (χ1) is 12.4. The lowest BCUT2D eigenvalue weighted by Gasteiger charge is -2.10. The van der Waals surface area contributed by atoms with Crippen molar-refractivity contribution in [2.45, 2.75) is 13.8 Å². The van der Waals surface area contributed by atoms with E-state index in [-0.39, 0.29) is 17.4 Å². The fourth-order valence-corrected chi connectivity index (χ4v) is 2.48. The van der Waals surface area contributed by atoms with Gasteiger partial charge >= 0.3 is 11.6 Å². The van der Waals surface area contributed by atoms with Gasteiger partial charge in [-0.15, -0.1) is 0 Å². The summed E-state index contributed by atoms with van der Waals surface area (Å²) in [6, 6.07) is 12.2. The first-order valence-corrected chi connectivity index (χ1v) is 8.09. The van der Waals surface area contributed by atoms with Crippen LogP contribution in [0.4, 0.5) is 17.2 Å². The van der Waals surface area contributed by atoms with Crippen LogP contribution < -0.4 is 10.1 Å². The standard InChI is InChI=1S/C18H15ClN4O3/c1-11-6-7-15(8-12(11)2)26-18-16(23(24)25)17(20-10-21-18)22-14-5-3-4-13(19)9-14/h3-10H,1-2H3,(H,20,21,22). The van der Waals surface area contributed by atoms with Crippen molar-refractivity contribution < 1.29 is 9.66 Å². The van der Waals surface area contributed by atoms with E-state index in [2.05, 4.69) is 15.3 Å². The van der Waals surface area contributed by atoms with E-state index < -0.39 is 4.92 Å². The minimum atomic E-state index is -0.580. The van der Waals surface area contributed by atoms with Crippen molar-refractivity contribution in [3.63, 3.8) is 0 Å². The molecule has 0 radical (unpaired) electrons. The van der Waals surface area contributed by atoms with Gasteiger partial charge in [0, 0.05) is 10.7 Å². The van der Waals surface area contributed by atoms with Gasteiger partial charge in [-0.25, -0.2) is 4.98 Å². The van der Waals surface area contributed by atoms with E-state index in [1.807, 2.05) is 19.9 Å².